The predicted molar refractivity (Wildman–Crippen MR) is 135 cm³/mol. The van der Waals surface area contributed by atoms with Gasteiger partial charge in [0.05, 0.1) is 16.9 Å². The number of hydrogen-bond donors (Lipinski definition) is 2. The van der Waals surface area contributed by atoms with Gasteiger partial charge in [-0.2, -0.15) is 5.10 Å². The third-order valence-corrected chi connectivity index (χ3v) is 7.83. The Morgan fingerprint density at radius 3 is 2.71 bits per heavy atom. The molecule has 8 nitrogen and oxygen atoms in total. The van der Waals surface area contributed by atoms with Crippen LogP contribution in [0.5, 0.6) is 5.75 Å². The molecule has 6 rings (SSSR count). The van der Waals surface area contributed by atoms with Crippen molar-refractivity contribution >= 4 is 16.7 Å². The lowest BCUT2D eigenvalue weighted by Gasteiger charge is -2.44. The van der Waals surface area contributed by atoms with Crippen LogP contribution in [0.2, 0.25) is 0 Å². The lowest BCUT2D eigenvalue weighted by Crippen LogP contribution is -2.57. The van der Waals surface area contributed by atoms with Gasteiger partial charge < -0.3 is 15.0 Å². The van der Waals surface area contributed by atoms with Crippen LogP contribution in [0.15, 0.2) is 30.6 Å². The van der Waals surface area contributed by atoms with Gasteiger partial charge in [-0.25, -0.2) is 14.4 Å². The minimum absolute atomic E-state index is 0.0336. The molecule has 1 atom stereocenters. The minimum atomic E-state index is -1.08. The van der Waals surface area contributed by atoms with Crippen molar-refractivity contribution in [2.75, 3.05) is 44.2 Å². The molecule has 0 radical (unpaired) electrons. The summed E-state index contributed by atoms with van der Waals surface area (Å²) in [6.07, 6.45) is 4.99. The van der Waals surface area contributed by atoms with E-state index in [-0.39, 0.29) is 11.6 Å². The smallest absolute Gasteiger partial charge is 0.132 e. The highest BCUT2D eigenvalue weighted by Gasteiger charge is 2.40. The van der Waals surface area contributed by atoms with Crippen molar-refractivity contribution in [3.05, 3.63) is 30.6 Å². The molecule has 3 aromatic rings. The van der Waals surface area contributed by atoms with Crippen LogP contribution in [0, 0.1) is 0 Å². The number of piperazine rings is 1. The molecule has 9 heteroatoms. The molecule has 0 bridgehead atoms. The molecule has 2 aromatic heterocycles. The standard InChI is InChI=1S/C26H34FN7O/c1-18-15-33(11-12-34(18)16-26(27)7-9-28-10-8-26)23-14-22(29-17-30-23)24-20-13-19(35-25(2)5-6-25)3-4-21(20)31-32-24/h3-4,13-14,17-18,28H,5-12,15-16H2,1-2H3,(H,31,32)/t18-/m0/s1. The van der Waals surface area contributed by atoms with Gasteiger partial charge in [0.15, 0.2) is 0 Å². The Balaban J connectivity index is 1.19. The molecule has 1 aromatic carbocycles. The second-order valence-corrected chi connectivity index (χ2v) is 10.8. The molecule has 1 aliphatic carbocycles. The Bertz CT molecular complexity index is 1200. The van der Waals surface area contributed by atoms with Crippen LogP contribution < -0.4 is 15.0 Å². The zero-order valence-corrected chi connectivity index (χ0v) is 20.6. The van der Waals surface area contributed by atoms with Crippen LogP contribution in [0.3, 0.4) is 0 Å². The van der Waals surface area contributed by atoms with E-state index in [9.17, 15) is 0 Å². The summed E-state index contributed by atoms with van der Waals surface area (Å²) in [4.78, 5) is 13.7. The zero-order valence-electron chi connectivity index (χ0n) is 20.6. The quantitative estimate of drug-likeness (QED) is 0.560. The first kappa shape index (κ1) is 22.7. The maximum Gasteiger partial charge on any atom is 0.132 e. The fourth-order valence-corrected chi connectivity index (χ4v) is 5.30. The average molecular weight is 480 g/mol. The number of hydrogen-bond acceptors (Lipinski definition) is 7. The van der Waals surface area contributed by atoms with E-state index in [1.807, 2.05) is 24.3 Å². The molecule has 186 valence electrons. The number of ether oxygens (including phenoxy) is 1. The largest absolute Gasteiger partial charge is 0.488 e. The van der Waals surface area contributed by atoms with Gasteiger partial charge in [-0.3, -0.25) is 10.00 Å². The van der Waals surface area contributed by atoms with E-state index < -0.39 is 5.67 Å². The van der Waals surface area contributed by atoms with Gasteiger partial charge in [0.2, 0.25) is 0 Å². The number of rotatable bonds is 6. The fraction of sp³-hybridized carbons (Fsp3) is 0.577. The summed E-state index contributed by atoms with van der Waals surface area (Å²) in [5.74, 6) is 1.75. The lowest BCUT2D eigenvalue weighted by molar-refractivity contribution is 0.0412. The van der Waals surface area contributed by atoms with Crippen LogP contribution in [-0.2, 0) is 0 Å². The van der Waals surface area contributed by atoms with Crippen molar-refractivity contribution in [2.45, 2.75) is 56.8 Å². The summed E-state index contributed by atoms with van der Waals surface area (Å²) in [7, 11) is 0. The van der Waals surface area contributed by atoms with Gasteiger partial charge in [-0.05, 0) is 70.8 Å². The third-order valence-electron chi connectivity index (χ3n) is 7.83. The number of aromatic amines is 1. The summed E-state index contributed by atoms with van der Waals surface area (Å²) in [6.45, 7) is 8.83. The number of anilines is 1. The summed E-state index contributed by atoms with van der Waals surface area (Å²) in [6, 6.07) is 8.29. The van der Waals surface area contributed by atoms with Gasteiger partial charge in [0.1, 0.15) is 29.2 Å². The molecular formula is C26H34FN7O. The molecule has 1 saturated carbocycles. The molecule has 2 saturated heterocycles. The van der Waals surface area contributed by atoms with Crippen LogP contribution in [-0.4, -0.2) is 81.6 Å². The van der Waals surface area contributed by atoms with E-state index >= 15 is 4.39 Å². The Morgan fingerprint density at radius 1 is 1.11 bits per heavy atom. The summed E-state index contributed by atoms with van der Waals surface area (Å²) in [5, 5.41) is 11.9. The first-order valence-corrected chi connectivity index (χ1v) is 12.8. The summed E-state index contributed by atoms with van der Waals surface area (Å²) >= 11 is 0. The SMILES string of the molecule is C[C@H]1CN(c2cc(-c3[nH]nc4ccc(OC5(C)CC5)cc34)ncn2)CCN1CC1(F)CCNCC1. The van der Waals surface area contributed by atoms with Gasteiger partial charge in [0, 0.05) is 43.7 Å². The lowest BCUT2D eigenvalue weighted by atomic mass is 9.93. The number of alkyl halides is 1. The van der Waals surface area contributed by atoms with Gasteiger partial charge in [0.25, 0.3) is 0 Å². The molecule has 0 spiro atoms. The number of halogens is 1. The van der Waals surface area contributed by atoms with Gasteiger partial charge >= 0.3 is 0 Å². The molecule has 35 heavy (non-hydrogen) atoms. The molecule has 3 fully saturated rings. The zero-order chi connectivity index (χ0) is 24.0. The normalized spacial score (nSPS) is 24.0. The molecule has 2 aliphatic heterocycles. The molecule has 4 heterocycles. The van der Waals surface area contributed by atoms with E-state index in [0.29, 0.717) is 19.4 Å². The topological polar surface area (TPSA) is 82.2 Å². The van der Waals surface area contributed by atoms with Crippen molar-refractivity contribution in [1.29, 1.82) is 0 Å². The second-order valence-electron chi connectivity index (χ2n) is 10.8. The van der Waals surface area contributed by atoms with Gasteiger partial charge in [-0.15, -0.1) is 0 Å². The number of nitrogens with one attached hydrogen (secondary N) is 2. The molecule has 0 unspecified atom stereocenters. The van der Waals surface area contributed by atoms with Crippen molar-refractivity contribution in [3.63, 3.8) is 0 Å². The van der Waals surface area contributed by atoms with E-state index in [2.05, 4.69) is 49.1 Å². The van der Waals surface area contributed by atoms with Crippen LogP contribution in [0.4, 0.5) is 10.2 Å². The fourth-order valence-electron chi connectivity index (χ4n) is 5.30. The Morgan fingerprint density at radius 2 is 1.94 bits per heavy atom. The highest BCUT2D eigenvalue weighted by Crippen LogP contribution is 2.40. The second kappa shape index (κ2) is 8.71. The van der Waals surface area contributed by atoms with Crippen molar-refractivity contribution in [3.8, 4) is 17.1 Å². The monoisotopic (exact) mass is 479 g/mol. The number of fused-ring (bicyclic) bond motifs is 1. The van der Waals surface area contributed by atoms with Crippen molar-refractivity contribution in [1.82, 2.24) is 30.4 Å². The maximum absolute atomic E-state index is 15.3. The molecule has 0 amide bonds. The highest BCUT2D eigenvalue weighted by molar-refractivity contribution is 5.93. The van der Waals surface area contributed by atoms with E-state index in [1.165, 1.54) is 0 Å². The van der Waals surface area contributed by atoms with Crippen molar-refractivity contribution in [2.24, 2.45) is 0 Å². The first-order chi connectivity index (χ1) is 16.9. The number of benzene rings is 1. The molecular weight excluding hydrogens is 445 g/mol. The van der Waals surface area contributed by atoms with E-state index in [4.69, 9.17) is 4.74 Å². The molecule has 2 N–H and O–H groups in total. The van der Waals surface area contributed by atoms with Crippen LogP contribution in [0.1, 0.15) is 39.5 Å². The first-order valence-electron chi connectivity index (χ1n) is 12.8. The van der Waals surface area contributed by atoms with Gasteiger partial charge in [-0.1, -0.05) is 0 Å². The summed E-state index contributed by atoms with van der Waals surface area (Å²) < 4.78 is 21.4. The predicted octanol–water partition coefficient (Wildman–Crippen LogP) is 3.55. The molecule has 3 aliphatic rings. The summed E-state index contributed by atoms with van der Waals surface area (Å²) in [5.41, 5.74) is 1.44. The van der Waals surface area contributed by atoms with Crippen molar-refractivity contribution < 1.29 is 9.13 Å². The Hall–Kier alpha value is -2.78. The highest BCUT2D eigenvalue weighted by atomic mass is 19.1. The number of H-pyrrole nitrogens is 1. The number of nitrogens with zero attached hydrogens (tertiary/aromatic N) is 5. The average Bonchev–Trinajstić information content (AvgIpc) is 3.43. The van der Waals surface area contributed by atoms with E-state index in [0.717, 1.165) is 79.4 Å². The number of piperidine rings is 1. The van der Waals surface area contributed by atoms with E-state index in [1.54, 1.807) is 6.33 Å². The Kier molecular flexibility index (Phi) is 5.64. The maximum atomic E-state index is 15.3. The van der Waals surface area contributed by atoms with Crippen LogP contribution in [0.25, 0.3) is 22.3 Å². The third kappa shape index (κ3) is 4.71. The number of aromatic nitrogens is 4. The minimum Gasteiger partial charge on any atom is -0.488 e. The van der Waals surface area contributed by atoms with Crippen LogP contribution >= 0.6 is 0 Å². The Labute approximate surface area is 205 Å².